The van der Waals surface area contributed by atoms with Crippen LogP contribution in [-0.4, -0.2) is 35.7 Å². The predicted octanol–water partition coefficient (Wildman–Crippen LogP) is 2.66. The van der Waals surface area contributed by atoms with Crippen molar-refractivity contribution in [3.63, 3.8) is 0 Å². The Morgan fingerprint density at radius 3 is 2.71 bits per heavy atom. The zero-order chi connectivity index (χ0) is 12.3. The zero-order valence-corrected chi connectivity index (χ0v) is 12.0. The van der Waals surface area contributed by atoms with Crippen LogP contribution in [-0.2, 0) is 4.74 Å². The van der Waals surface area contributed by atoms with E-state index >= 15 is 0 Å². The minimum Gasteiger partial charge on any atom is -0.381 e. The van der Waals surface area contributed by atoms with Crippen molar-refractivity contribution in [3.05, 3.63) is 0 Å². The highest BCUT2D eigenvalue weighted by Crippen LogP contribution is 2.32. The van der Waals surface area contributed by atoms with E-state index in [1.54, 1.807) is 0 Å². The van der Waals surface area contributed by atoms with Crippen LogP contribution in [0, 0.1) is 5.92 Å². The molecule has 2 aliphatic rings. The van der Waals surface area contributed by atoms with Gasteiger partial charge in [0.15, 0.2) is 5.17 Å². The molecule has 0 aliphatic carbocycles. The van der Waals surface area contributed by atoms with Gasteiger partial charge in [0.1, 0.15) is 0 Å². The van der Waals surface area contributed by atoms with Gasteiger partial charge in [-0.2, -0.15) is 0 Å². The van der Waals surface area contributed by atoms with E-state index in [9.17, 15) is 0 Å². The molecule has 2 rings (SSSR count). The monoisotopic (exact) mass is 256 g/mol. The van der Waals surface area contributed by atoms with Crippen molar-refractivity contribution >= 4 is 16.9 Å². The number of rotatable bonds is 3. The molecule has 3 nitrogen and oxygen atoms in total. The average Bonchev–Trinajstić information content (AvgIpc) is 2.61. The van der Waals surface area contributed by atoms with E-state index in [0.717, 1.165) is 42.9 Å². The van der Waals surface area contributed by atoms with Crippen molar-refractivity contribution in [2.45, 2.75) is 51.6 Å². The van der Waals surface area contributed by atoms with Crippen LogP contribution < -0.4 is 5.32 Å². The van der Waals surface area contributed by atoms with E-state index < -0.39 is 0 Å². The number of hydrogen-bond donors (Lipinski definition) is 1. The van der Waals surface area contributed by atoms with Crippen molar-refractivity contribution in [1.29, 1.82) is 0 Å². The van der Waals surface area contributed by atoms with E-state index in [2.05, 4.69) is 26.1 Å². The summed E-state index contributed by atoms with van der Waals surface area (Å²) in [5.41, 5.74) is 0.277. The van der Waals surface area contributed by atoms with E-state index in [-0.39, 0.29) is 5.54 Å². The second kappa shape index (κ2) is 5.61. The smallest absolute Gasteiger partial charge is 0.157 e. The first kappa shape index (κ1) is 13.2. The first-order valence-corrected chi connectivity index (χ1v) is 7.65. The molecule has 1 spiro atoms. The molecule has 98 valence electrons. The molecular formula is C13H24N2OS. The van der Waals surface area contributed by atoms with Crippen LogP contribution in [0.2, 0.25) is 0 Å². The number of nitrogens with one attached hydrogen (secondary N) is 1. The zero-order valence-electron chi connectivity index (χ0n) is 11.2. The molecule has 1 unspecified atom stereocenters. The standard InChI is InChI=1S/C13H24N2OS/c1-10(2)8-11(3)14-12-15-13(9-17-12)4-6-16-7-5-13/h10-11H,4-9H2,1-3H3,(H,14,15). The maximum atomic E-state index is 5.44. The summed E-state index contributed by atoms with van der Waals surface area (Å²) < 4.78 is 5.44. The summed E-state index contributed by atoms with van der Waals surface area (Å²) >= 11 is 1.89. The van der Waals surface area contributed by atoms with Crippen LogP contribution in [0.5, 0.6) is 0 Å². The Morgan fingerprint density at radius 2 is 2.06 bits per heavy atom. The first-order chi connectivity index (χ1) is 8.10. The van der Waals surface area contributed by atoms with Crippen LogP contribution >= 0.6 is 11.8 Å². The highest BCUT2D eigenvalue weighted by molar-refractivity contribution is 8.14. The Bertz CT molecular complexity index is 285. The third kappa shape index (κ3) is 3.62. The molecule has 0 aromatic rings. The lowest BCUT2D eigenvalue weighted by molar-refractivity contribution is 0.0555. The summed E-state index contributed by atoms with van der Waals surface area (Å²) in [6.07, 6.45) is 3.41. The molecule has 0 saturated carbocycles. The number of amidine groups is 1. The molecule has 17 heavy (non-hydrogen) atoms. The molecule has 0 aromatic carbocycles. The van der Waals surface area contributed by atoms with Crippen molar-refractivity contribution in [3.8, 4) is 0 Å². The van der Waals surface area contributed by atoms with Gasteiger partial charge in [0.2, 0.25) is 0 Å². The second-order valence-electron chi connectivity index (χ2n) is 5.72. The third-order valence-corrected chi connectivity index (χ3v) is 4.64. The largest absolute Gasteiger partial charge is 0.381 e. The lowest BCUT2D eigenvalue weighted by atomic mass is 9.93. The lowest BCUT2D eigenvalue weighted by Crippen LogP contribution is -2.48. The summed E-state index contributed by atoms with van der Waals surface area (Å²) in [4.78, 5) is 4.79. The Hall–Kier alpha value is -0.220. The first-order valence-electron chi connectivity index (χ1n) is 6.66. The van der Waals surface area contributed by atoms with Crippen molar-refractivity contribution in [2.24, 2.45) is 10.9 Å². The van der Waals surface area contributed by atoms with Gasteiger partial charge in [0, 0.05) is 19.0 Å². The van der Waals surface area contributed by atoms with Crippen molar-refractivity contribution in [1.82, 2.24) is 5.32 Å². The summed E-state index contributed by atoms with van der Waals surface area (Å²) in [5.74, 6) is 1.88. The Balaban J connectivity index is 1.90. The van der Waals surface area contributed by atoms with Crippen molar-refractivity contribution < 1.29 is 4.74 Å². The third-order valence-electron chi connectivity index (χ3n) is 3.46. The van der Waals surface area contributed by atoms with Gasteiger partial charge in [0.25, 0.3) is 0 Å². The van der Waals surface area contributed by atoms with E-state index in [1.165, 1.54) is 6.42 Å². The van der Waals surface area contributed by atoms with Gasteiger partial charge in [-0.25, -0.2) is 0 Å². The Morgan fingerprint density at radius 1 is 1.35 bits per heavy atom. The van der Waals surface area contributed by atoms with Crippen LogP contribution in [0.1, 0.15) is 40.0 Å². The van der Waals surface area contributed by atoms with Crippen LogP contribution in [0.4, 0.5) is 0 Å². The summed E-state index contributed by atoms with van der Waals surface area (Å²) in [7, 11) is 0. The van der Waals surface area contributed by atoms with Gasteiger partial charge in [-0.3, -0.25) is 4.99 Å². The summed E-state index contributed by atoms with van der Waals surface area (Å²) in [5, 5.41) is 4.80. The molecule has 2 aliphatic heterocycles. The van der Waals surface area contributed by atoms with E-state index in [4.69, 9.17) is 9.73 Å². The molecule has 0 radical (unpaired) electrons. The van der Waals surface area contributed by atoms with Crippen LogP contribution in [0.15, 0.2) is 4.99 Å². The highest BCUT2D eigenvalue weighted by atomic mass is 32.2. The Kier molecular flexibility index (Phi) is 4.36. The van der Waals surface area contributed by atoms with Crippen molar-refractivity contribution in [2.75, 3.05) is 19.0 Å². The fourth-order valence-electron chi connectivity index (χ4n) is 2.54. The molecule has 2 saturated heterocycles. The van der Waals surface area contributed by atoms with Gasteiger partial charge in [-0.05, 0) is 32.1 Å². The summed E-state index contributed by atoms with van der Waals surface area (Å²) in [6, 6.07) is 0.431. The fraction of sp³-hybridized carbons (Fsp3) is 0.923. The minimum absolute atomic E-state index is 0.277. The molecule has 2 heterocycles. The maximum Gasteiger partial charge on any atom is 0.157 e. The van der Waals surface area contributed by atoms with Gasteiger partial charge < -0.3 is 10.1 Å². The molecule has 0 amide bonds. The Labute approximate surface area is 109 Å². The molecule has 0 bridgehead atoms. The highest BCUT2D eigenvalue weighted by Gasteiger charge is 2.38. The average molecular weight is 256 g/mol. The predicted molar refractivity (Wildman–Crippen MR) is 74.7 cm³/mol. The van der Waals surface area contributed by atoms with E-state index in [1.807, 2.05) is 11.8 Å². The number of ether oxygens (including phenoxy) is 1. The quantitative estimate of drug-likeness (QED) is 0.843. The molecule has 4 heteroatoms. The van der Waals surface area contributed by atoms with Crippen LogP contribution in [0.3, 0.4) is 0 Å². The molecular weight excluding hydrogens is 232 g/mol. The number of nitrogens with zero attached hydrogens (tertiary/aromatic N) is 1. The lowest BCUT2D eigenvalue weighted by Gasteiger charge is -2.32. The number of hydrogen-bond acceptors (Lipinski definition) is 3. The molecule has 1 N–H and O–H groups in total. The van der Waals surface area contributed by atoms with Gasteiger partial charge in [0.05, 0.1) is 11.6 Å². The second-order valence-corrected chi connectivity index (χ2v) is 6.68. The van der Waals surface area contributed by atoms with E-state index in [0.29, 0.717) is 6.04 Å². The number of thioether (sulfide) groups is 1. The number of aliphatic imine (C=N–C) groups is 1. The molecule has 1 atom stereocenters. The maximum absolute atomic E-state index is 5.44. The van der Waals surface area contributed by atoms with Crippen LogP contribution in [0.25, 0.3) is 0 Å². The normalized spacial score (nSPS) is 27.6. The SMILES string of the molecule is CC(C)CC(C)N=C1NC2(CCOCC2)CS1. The van der Waals surface area contributed by atoms with Gasteiger partial charge in [-0.15, -0.1) is 0 Å². The topological polar surface area (TPSA) is 33.6 Å². The fourth-order valence-corrected chi connectivity index (χ4v) is 3.86. The minimum atomic E-state index is 0.277. The molecule has 0 aromatic heterocycles. The van der Waals surface area contributed by atoms with Gasteiger partial charge in [-0.1, -0.05) is 25.6 Å². The molecule has 2 fully saturated rings. The van der Waals surface area contributed by atoms with Gasteiger partial charge >= 0.3 is 0 Å². The summed E-state index contributed by atoms with van der Waals surface area (Å²) in [6.45, 7) is 8.51.